The molecule has 0 bridgehead atoms. The standard InChI is InChI=1S/C61H98N2O27/c1-24(2)16-28(68)17-25(3)30-10-11-31-29-12-15-61(80)58(6,7)39(13-14-59(61,8)32(29)18-38(70)60(30,31)9)88-57-52(46(75)37(23-83-57)87-53-40(62-26(4)66)47(76)43(72)34(19-64)84-53)89-54-41(63-27(5)67)48(77)45(74)36(86-54)22-82-56-51(42(71)33(69)21-81-56)90-55-50(79)49(78)44(73)35(20-65)85-55/h16,25,30,32-57,64-65,69-80H,10-15,17-23H2,1-9H3,(H,62,66)(H,63,67)/t25-,30-,32?,33-,34-,35-,36-,37-,38-,39+,40-,41-,42+,43+,44-,45-,46+,47-,48-,49+,50-,51-,52-,53+,54+,55+,56+,57+,59-,60-,61?/m1/s1. The van der Waals surface area contributed by atoms with Gasteiger partial charge in [-0.15, -0.1) is 0 Å². The molecule has 4 aliphatic carbocycles. The molecule has 90 heavy (non-hydrogen) atoms. The van der Waals surface area contributed by atoms with Crippen LogP contribution in [-0.4, -0.2) is 281 Å². The highest BCUT2D eigenvalue weighted by Gasteiger charge is 2.69. The maximum absolute atomic E-state index is 13.5. The van der Waals surface area contributed by atoms with Gasteiger partial charge in [-0.2, -0.15) is 0 Å². The van der Waals surface area contributed by atoms with Gasteiger partial charge in [0, 0.05) is 36.5 Å². The lowest BCUT2D eigenvalue weighted by molar-refractivity contribution is -0.378. The van der Waals surface area contributed by atoms with Crippen molar-refractivity contribution in [2.75, 3.05) is 33.0 Å². The maximum Gasteiger partial charge on any atom is 0.217 e. The van der Waals surface area contributed by atoms with Crippen LogP contribution in [-0.2, 0) is 61.8 Å². The number of ether oxygens (including phenoxy) is 10. The van der Waals surface area contributed by atoms with Crippen LogP contribution < -0.4 is 10.6 Å². The second-order valence-corrected chi connectivity index (χ2v) is 27.8. The van der Waals surface area contributed by atoms with Crippen molar-refractivity contribution >= 4 is 17.6 Å². The molecule has 3 saturated carbocycles. The highest BCUT2D eigenvalue weighted by Crippen LogP contribution is 2.70. The maximum atomic E-state index is 13.5. The lowest BCUT2D eigenvalue weighted by Crippen LogP contribution is -2.71. The molecule has 5 aliphatic heterocycles. The monoisotopic (exact) mass is 1290 g/mol. The van der Waals surface area contributed by atoms with E-state index in [9.17, 15) is 85.9 Å². The molecule has 29 heteroatoms. The van der Waals surface area contributed by atoms with Gasteiger partial charge >= 0.3 is 0 Å². The zero-order valence-electron chi connectivity index (χ0n) is 52.5. The molecule has 16 N–H and O–H groups in total. The van der Waals surface area contributed by atoms with Crippen LogP contribution in [0.25, 0.3) is 0 Å². The third-order valence-corrected chi connectivity index (χ3v) is 21.6. The largest absolute Gasteiger partial charge is 0.394 e. The minimum Gasteiger partial charge on any atom is -0.394 e. The number of carbonyl (C=O) groups excluding carboxylic acids is 3. The van der Waals surface area contributed by atoms with Gasteiger partial charge in [-0.3, -0.25) is 14.4 Å². The molecule has 0 aromatic heterocycles. The van der Waals surface area contributed by atoms with E-state index in [-0.39, 0.29) is 23.5 Å². The Hall–Kier alpha value is -2.87. The molecule has 9 aliphatic rings. The fourth-order valence-corrected chi connectivity index (χ4v) is 16.5. The van der Waals surface area contributed by atoms with E-state index in [1.165, 1.54) is 11.1 Å². The van der Waals surface area contributed by atoms with Gasteiger partial charge < -0.3 is 129 Å². The van der Waals surface area contributed by atoms with Gasteiger partial charge in [0.05, 0.1) is 50.8 Å². The van der Waals surface area contributed by atoms with Gasteiger partial charge in [0.25, 0.3) is 0 Å². The summed E-state index contributed by atoms with van der Waals surface area (Å²) in [6, 6.07) is -3.12. The number of allylic oxidation sites excluding steroid dienone is 3. The number of hydrogen-bond donors (Lipinski definition) is 16. The van der Waals surface area contributed by atoms with Crippen molar-refractivity contribution in [2.24, 2.45) is 34.0 Å². The molecule has 0 radical (unpaired) electrons. The average molecular weight is 1290 g/mol. The van der Waals surface area contributed by atoms with Crippen molar-refractivity contribution in [3.05, 3.63) is 22.8 Å². The minimum absolute atomic E-state index is 0.00994. The van der Waals surface area contributed by atoms with Crippen LogP contribution in [0, 0.1) is 34.0 Å². The van der Waals surface area contributed by atoms with Crippen molar-refractivity contribution in [1.82, 2.24) is 10.6 Å². The third-order valence-electron chi connectivity index (χ3n) is 21.6. The van der Waals surface area contributed by atoms with Gasteiger partial charge in [-0.05, 0) is 82.6 Å². The molecule has 514 valence electrons. The molecule has 2 unspecified atom stereocenters. The summed E-state index contributed by atoms with van der Waals surface area (Å²) in [6.07, 6.45) is -32.6. The van der Waals surface area contributed by atoms with E-state index in [4.69, 9.17) is 47.4 Å². The van der Waals surface area contributed by atoms with Crippen LogP contribution in [0.5, 0.6) is 0 Å². The Morgan fingerprint density at radius 2 is 1.18 bits per heavy atom. The van der Waals surface area contributed by atoms with Gasteiger partial charge in [0.15, 0.2) is 37.2 Å². The van der Waals surface area contributed by atoms with E-state index in [2.05, 4.69) is 31.4 Å². The van der Waals surface area contributed by atoms with Gasteiger partial charge in [0.2, 0.25) is 11.8 Å². The minimum atomic E-state index is -1.95. The van der Waals surface area contributed by atoms with E-state index in [1.807, 2.05) is 27.7 Å². The summed E-state index contributed by atoms with van der Waals surface area (Å²) >= 11 is 0. The number of fused-ring (bicyclic) bond motifs is 4. The topological polar surface area (TPSA) is 451 Å². The number of rotatable bonds is 19. The van der Waals surface area contributed by atoms with Crippen molar-refractivity contribution in [2.45, 2.75) is 273 Å². The normalized spacial score (nSPS) is 48.1. The van der Waals surface area contributed by atoms with Crippen LogP contribution in [0.15, 0.2) is 22.8 Å². The van der Waals surface area contributed by atoms with Gasteiger partial charge in [-0.25, -0.2) is 0 Å². The van der Waals surface area contributed by atoms with Crippen molar-refractivity contribution in [3.63, 3.8) is 0 Å². The van der Waals surface area contributed by atoms with E-state index in [0.29, 0.717) is 38.5 Å². The Morgan fingerprint density at radius 1 is 0.622 bits per heavy atom. The molecule has 31 atom stereocenters. The van der Waals surface area contributed by atoms with Crippen molar-refractivity contribution in [3.8, 4) is 0 Å². The van der Waals surface area contributed by atoms with E-state index in [1.54, 1.807) is 6.08 Å². The van der Waals surface area contributed by atoms with Crippen molar-refractivity contribution in [1.29, 1.82) is 0 Å². The quantitative estimate of drug-likeness (QED) is 0.0333. The zero-order chi connectivity index (χ0) is 66.0. The molecular formula is C61H98N2O27. The van der Waals surface area contributed by atoms with Crippen LogP contribution in [0.2, 0.25) is 0 Å². The summed E-state index contributed by atoms with van der Waals surface area (Å²) in [4.78, 5) is 38.4. The number of ketones is 1. The zero-order valence-corrected chi connectivity index (χ0v) is 52.5. The molecule has 9 rings (SSSR count). The first kappa shape index (κ1) is 71.4. The summed E-state index contributed by atoms with van der Waals surface area (Å²) in [6.45, 7) is 12.6. The third kappa shape index (κ3) is 13.3. The molecule has 8 fully saturated rings. The number of nitrogens with one attached hydrogen (secondary N) is 2. The van der Waals surface area contributed by atoms with E-state index >= 15 is 0 Å². The lowest BCUT2D eigenvalue weighted by Gasteiger charge is -2.67. The second kappa shape index (κ2) is 28.1. The molecule has 0 spiro atoms. The number of aliphatic hydroxyl groups excluding tert-OH is 13. The first-order valence-electron chi connectivity index (χ1n) is 31.5. The predicted octanol–water partition coefficient (Wildman–Crippen LogP) is -3.96. The van der Waals surface area contributed by atoms with Crippen LogP contribution in [0.1, 0.15) is 114 Å². The first-order valence-corrected chi connectivity index (χ1v) is 31.5. The predicted molar refractivity (Wildman–Crippen MR) is 306 cm³/mol. The summed E-state index contributed by atoms with van der Waals surface area (Å²) in [5.41, 5.74) is -0.580. The highest BCUT2D eigenvalue weighted by molar-refractivity contribution is 5.90. The fourth-order valence-electron chi connectivity index (χ4n) is 16.5. The van der Waals surface area contributed by atoms with E-state index < -0.39 is 220 Å². The smallest absolute Gasteiger partial charge is 0.217 e. The van der Waals surface area contributed by atoms with Crippen molar-refractivity contribution < 1.29 is 133 Å². The Labute approximate surface area is 522 Å². The van der Waals surface area contributed by atoms with Crippen LogP contribution in [0.4, 0.5) is 0 Å². The number of carbonyl (C=O) groups is 3. The summed E-state index contributed by atoms with van der Waals surface area (Å²) in [7, 11) is 0. The lowest BCUT2D eigenvalue weighted by atomic mass is 9.41. The second-order valence-electron chi connectivity index (χ2n) is 27.8. The molecule has 5 saturated heterocycles. The van der Waals surface area contributed by atoms with Gasteiger partial charge in [-0.1, -0.05) is 51.3 Å². The SMILES string of the molecule is CC(=O)N[C@H]1[C@H](O[C@@H]2CO[C@@H](O[C@H]3CC[C@]4(C)C5C[C@@H](O)[C@@]6(C)C(=C5CCC4(O)C3(C)C)CC[C@@H]6[C@H](C)CC(=O)C=C(C)C)[C@H](O[C@@H]3O[C@H](CO[C@@H]4OC[C@@H](O)[C@H](O)[C@H]4O[C@@H]4O[C@H](CO)[C@@H](O)[C@H](O)[C@H]4O)[C@@H](O)[C@H](O)[C@H]3NC(C)=O)[C@H]2O)O[C@H](CO)[C@H](O)[C@@H]1O. The number of hydrogen-bond acceptors (Lipinski definition) is 27. The Kier molecular flexibility index (Phi) is 22.3. The molecule has 0 aromatic rings. The molecule has 29 nitrogen and oxygen atoms in total. The fraction of sp³-hybridized carbons (Fsp3) is 0.885. The molecule has 5 heterocycles. The molecule has 2 amide bonds. The number of aliphatic hydroxyl groups is 14. The average Bonchev–Trinajstić information content (AvgIpc) is 1.77. The Bertz CT molecular complexity index is 2580. The Balaban J connectivity index is 0.993. The van der Waals surface area contributed by atoms with Gasteiger partial charge in [0.1, 0.15) is 110 Å². The molecule has 0 aromatic carbocycles. The number of amides is 2. The van der Waals surface area contributed by atoms with E-state index in [0.717, 1.165) is 32.3 Å². The summed E-state index contributed by atoms with van der Waals surface area (Å²) < 4.78 is 61.3. The Morgan fingerprint density at radius 3 is 1.79 bits per heavy atom. The first-order chi connectivity index (χ1) is 42.2. The van der Waals surface area contributed by atoms with Crippen LogP contribution >= 0.6 is 0 Å². The van der Waals surface area contributed by atoms with Crippen LogP contribution in [0.3, 0.4) is 0 Å². The summed E-state index contributed by atoms with van der Waals surface area (Å²) in [5, 5.41) is 162. The summed E-state index contributed by atoms with van der Waals surface area (Å²) in [5.74, 6) is -1.50. The highest BCUT2D eigenvalue weighted by atomic mass is 16.8. The molecular weight excluding hydrogens is 1190 g/mol.